The fourth-order valence-corrected chi connectivity index (χ4v) is 3.53. The van der Waals surface area contributed by atoms with Gasteiger partial charge in [-0.3, -0.25) is 4.79 Å². The maximum absolute atomic E-state index is 12.4. The van der Waals surface area contributed by atoms with E-state index in [-0.39, 0.29) is 5.41 Å². The van der Waals surface area contributed by atoms with Gasteiger partial charge in [0.25, 0.3) is 0 Å². The second-order valence-corrected chi connectivity index (χ2v) is 7.73. The summed E-state index contributed by atoms with van der Waals surface area (Å²) in [5.74, 6) is 0.926. The van der Waals surface area contributed by atoms with Crippen LogP contribution in [0.3, 0.4) is 0 Å². The summed E-state index contributed by atoms with van der Waals surface area (Å²) >= 11 is 0. The van der Waals surface area contributed by atoms with E-state index in [1.54, 1.807) is 0 Å². The van der Waals surface area contributed by atoms with E-state index in [0.29, 0.717) is 30.0 Å². The predicted octanol–water partition coefficient (Wildman–Crippen LogP) is 2.80. The molecule has 0 radical (unpaired) electrons. The van der Waals surface area contributed by atoms with E-state index in [1.807, 2.05) is 11.9 Å². The minimum atomic E-state index is 0.150. The Bertz CT molecular complexity index is 322. The van der Waals surface area contributed by atoms with Gasteiger partial charge in [-0.25, -0.2) is 0 Å². The summed E-state index contributed by atoms with van der Waals surface area (Å²) < 4.78 is 0. The normalized spacial score (nSPS) is 32.2. The highest BCUT2D eigenvalue weighted by molar-refractivity contribution is 5.76. The summed E-state index contributed by atoms with van der Waals surface area (Å²) in [6, 6.07) is 1.65. The van der Waals surface area contributed by atoms with Gasteiger partial charge >= 0.3 is 0 Å². The van der Waals surface area contributed by atoms with Gasteiger partial charge in [0.2, 0.25) is 5.91 Å². The van der Waals surface area contributed by atoms with E-state index in [0.717, 1.165) is 6.42 Å². The molecule has 1 N–H and O–H groups in total. The zero-order valence-corrected chi connectivity index (χ0v) is 13.2. The van der Waals surface area contributed by atoms with Crippen LogP contribution in [0.25, 0.3) is 0 Å². The fourth-order valence-electron chi connectivity index (χ4n) is 3.53. The molecule has 110 valence electrons. The molecule has 2 rings (SSSR count). The lowest BCUT2D eigenvalue weighted by Crippen LogP contribution is -2.45. The Kier molecular flexibility index (Phi) is 4.24. The molecule has 2 aliphatic heterocycles. The number of hydrogen-bond donors (Lipinski definition) is 1. The van der Waals surface area contributed by atoms with Crippen molar-refractivity contribution in [3.05, 3.63) is 0 Å². The van der Waals surface area contributed by atoms with Gasteiger partial charge in [-0.2, -0.15) is 0 Å². The van der Waals surface area contributed by atoms with Crippen molar-refractivity contribution in [2.75, 3.05) is 7.05 Å². The first-order chi connectivity index (χ1) is 8.77. The average Bonchev–Trinajstić information content (AvgIpc) is 2.65. The molecule has 0 aromatic rings. The van der Waals surface area contributed by atoms with Gasteiger partial charge in [0.15, 0.2) is 0 Å². The van der Waals surface area contributed by atoms with E-state index in [9.17, 15) is 4.79 Å². The lowest BCUT2D eigenvalue weighted by molar-refractivity contribution is -0.134. The number of rotatable bonds is 3. The van der Waals surface area contributed by atoms with Gasteiger partial charge in [0.05, 0.1) is 0 Å². The molecule has 2 aliphatic rings. The van der Waals surface area contributed by atoms with E-state index >= 15 is 0 Å². The third-order valence-corrected chi connectivity index (χ3v) is 5.26. The van der Waals surface area contributed by atoms with Crippen molar-refractivity contribution in [1.82, 2.24) is 10.2 Å². The van der Waals surface area contributed by atoms with Crippen molar-refractivity contribution >= 4 is 5.91 Å². The number of nitrogens with one attached hydrogen (secondary N) is 1. The molecule has 0 aromatic carbocycles. The van der Waals surface area contributed by atoms with Crippen molar-refractivity contribution in [2.45, 2.75) is 77.9 Å². The van der Waals surface area contributed by atoms with Crippen LogP contribution >= 0.6 is 0 Å². The zero-order valence-electron chi connectivity index (χ0n) is 13.2. The molecule has 2 saturated heterocycles. The predicted molar refractivity (Wildman–Crippen MR) is 79.0 cm³/mol. The van der Waals surface area contributed by atoms with Crippen LogP contribution in [0.5, 0.6) is 0 Å². The number of hydrogen-bond acceptors (Lipinski definition) is 2. The second kappa shape index (κ2) is 5.43. The van der Waals surface area contributed by atoms with Gasteiger partial charge in [0, 0.05) is 31.6 Å². The van der Waals surface area contributed by atoms with Crippen molar-refractivity contribution in [3.8, 4) is 0 Å². The first-order valence-electron chi connectivity index (χ1n) is 7.79. The van der Waals surface area contributed by atoms with E-state index in [2.05, 4.69) is 33.0 Å². The van der Waals surface area contributed by atoms with E-state index in [4.69, 9.17) is 0 Å². The van der Waals surface area contributed by atoms with Crippen molar-refractivity contribution in [2.24, 2.45) is 11.3 Å². The van der Waals surface area contributed by atoms with Gasteiger partial charge in [-0.05, 0) is 43.9 Å². The zero-order chi connectivity index (χ0) is 14.2. The highest BCUT2D eigenvalue weighted by Gasteiger charge is 2.35. The number of amides is 1. The minimum Gasteiger partial charge on any atom is -0.343 e. The summed E-state index contributed by atoms with van der Waals surface area (Å²) in [6.07, 6.45) is 5.75. The maximum Gasteiger partial charge on any atom is 0.222 e. The average molecular weight is 266 g/mol. The fraction of sp³-hybridized carbons (Fsp3) is 0.938. The van der Waals surface area contributed by atoms with Crippen LogP contribution in [-0.2, 0) is 4.79 Å². The van der Waals surface area contributed by atoms with Crippen molar-refractivity contribution in [3.63, 3.8) is 0 Å². The van der Waals surface area contributed by atoms with Crippen molar-refractivity contribution in [1.29, 1.82) is 0 Å². The summed E-state index contributed by atoms with van der Waals surface area (Å²) in [6.45, 7) is 8.76. The standard InChI is InChI=1S/C16H30N2O/c1-11(16(2,3)4)18(5)15(19)10-12-8-13-6-7-14(9-12)17-13/h11-14,17H,6-10H2,1-5H3. The third kappa shape index (κ3) is 3.50. The molecule has 0 aromatic heterocycles. The van der Waals surface area contributed by atoms with Crippen LogP contribution in [0.1, 0.15) is 59.8 Å². The Labute approximate surface area is 118 Å². The lowest BCUT2D eigenvalue weighted by Gasteiger charge is -2.37. The van der Waals surface area contributed by atoms with Gasteiger partial charge in [-0.15, -0.1) is 0 Å². The molecule has 0 saturated carbocycles. The maximum atomic E-state index is 12.4. The van der Waals surface area contributed by atoms with Crippen LogP contribution in [0.2, 0.25) is 0 Å². The molecule has 3 atom stereocenters. The molecule has 2 bridgehead atoms. The van der Waals surface area contributed by atoms with Crippen LogP contribution in [-0.4, -0.2) is 36.0 Å². The lowest BCUT2D eigenvalue weighted by atomic mass is 9.85. The molecular formula is C16H30N2O. The minimum absolute atomic E-state index is 0.150. The summed E-state index contributed by atoms with van der Waals surface area (Å²) in [5, 5.41) is 3.64. The highest BCUT2D eigenvalue weighted by atomic mass is 16.2. The first-order valence-corrected chi connectivity index (χ1v) is 7.79. The highest BCUT2D eigenvalue weighted by Crippen LogP contribution is 2.33. The van der Waals surface area contributed by atoms with Crippen LogP contribution < -0.4 is 5.32 Å². The SMILES string of the molecule is CC(N(C)C(=O)CC1CC2CCC(C1)N2)C(C)(C)C. The summed E-state index contributed by atoms with van der Waals surface area (Å²) in [4.78, 5) is 14.4. The Morgan fingerprint density at radius 1 is 1.26 bits per heavy atom. The molecule has 0 spiro atoms. The number of piperidine rings is 1. The smallest absolute Gasteiger partial charge is 0.222 e. The van der Waals surface area contributed by atoms with Gasteiger partial charge in [0.1, 0.15) is 0 Å². The number of nitrogens with zero attached hydrogens (tertiary/aromatic N) is 1. The Balaban J connectivity index is 1.87. The topological polar surface area (TPSA) is 32.3 Å². The second-order valence-electron chi connectivity index (χ2n) is 7.73. The third-order valence-electron chi connectivity index (χ3n) is 5.26. The Morgan fingerprint density at radius 3 is 2.26 bits per heavy atom. The molecule has 0 aliphatic carbocycles. The van der Waals surface area contributed by atoms with E-state index < -0.39 is 0 Å². The first kappa shape index (κ1) is 14.8. The van der Waals surface area contributed by atoms with E-state index in [1.165, 1.54) is 25.7 Å². The van der Waals surface area contributed by atoms with Gasteiger partial charge in [-0.1, -0.05) is 20.8 Å². The number of carbonyl (C=O) groups is 1. The number of fused-ring (bicyclic) bond motifs is 2. The summed E-state index contributed by atoms with van der Waals surface area (Å²) in [5.41, 5.74) is 0.150. The van der Waals surface area contributed by atoms with Crippen LogP contribution in [0.15, 0.2) is 0 Å². The molecule has 19 heavy (non-hydrogen) atoms. The van der Waals surface area contributed by atoms with Gasteiger partial charge < -0.3 is 10.2 Å². The molecule has 3 nitrogen and oxygen atoms in total. The largest absolute Gasteiger partial charge is 0.343 e. The molecule has 1 amide bonds. The molecule has 3 unspecified atom stereocenters. The molecular weight excluding hydrogens is 236 g/mol. The summed E-state index contributed by atoms with van der Waals surface area (Å²) in [7, 11) is 1.97. The molecule has 2 heterocycles. The Morgan fingerprint density at radius 2 is 1.79 bits per heavy atom. The number of carbonyl (C=O) groups excluding carboxylic acids is 1. The quantitative estimate of drug-likeness (QED) is 0.852. The molecule has 3 heteroatoms. The van der Waals surface area contributed by atoms with Crippen molar-refractivity contribution < 1.29 is 4.79 Å². The van der Waals surface area contributed by atoms with Crippen LogP contribution in [0.4, 0.5) is 0 Å². The molecule has 2 fully saturated rings. The Hall–Kier alpha value is -0.570. The van der Waals surface area contributed by atoms with Crippen LogP contribution in [0, 0.1) is 11.3 Å². The monoisotopic (exact) mass is 266 g/mol.